The average Bonchev–Trinajstić information content (AvgIpc) is 3.24. The molecule has 0 heterocycles. The van der Waals surface area contributed by atoms with Gasteiger partial charge < -0.3 is 26.6 Å². The van der Waals surface area contributed by atoms with Crippen molar-refractivity contribution in [3.8, 4) is 5.75 Å². The highest BCUT2D eigenvalue weighted by Crippen LogP contribution is 2.56. The quantitative estimate of drug-likeness (QED) is 0.0331. The van der Waals surface area contributed by atoms with Crippen molar-refractivity contribution >= 4 is 34.3 Å². The van der Waals surface area contributed by atoms with Crippen LogP contribution in [0.3, 0.4) is 0 Å². The molecule has 0 aliphatic rings. The van der Waals surface area contributed by atoms with Crippen LogP contribution < -0.4 is 37.6 Å². The predicted octanol–water partition coefficient (Wildman–Crippen LogP) is 8.87. The SMILES string of the molecule is CN(C)CCOc1ccc(/C(=C(/C=C/CCCCCCCC[P+](c2ccccc2)(c2ccccc2)c2ccccc2)c2ccccc2)c2ccccc2)cc1.[Br-]. The third kappa shape index (κ3) is 11.7. The van der Waals surface area contributed by atoms with E-state index in [9.17, 15) is 0 Å². The summed E-state index contributed by atoms with van der Waals surface area (Å²) in [5.74, 6) is 0.902. The van der Waals surface area contributed by atoms with Crippen LogP contribution in [-0.4, -0.2) is 38.3 Å². The van der Waals surface area contributed by atoms with E-state index < -0.39 is 7.26 Å². The number of ether oxygens (including phenoxy) is 1. The van der Waals surface area contributed by atoms with Gasteiger partial charge in [0.2, 0.25) is 0 Å². The van der Waals surface area contributed by atoms with Gasteiger partial charge >= 0.3 is 0 Å². The topological polar surface area (TPSA) is 12.5 Å². The lowest BCUT2D eigenvalue weighted by atomic mass is 9.89. The summed E-state index contributed by atoms with van der Waals surface area (Å²) >= 11 is 0. The van der Waals surface area contributed by atoms with Crippen LogP contribution >= 0.6 is 7.26 Å². The van der Waals surface area contributed by atoms with Gasteiger partial charge in [0, 0.05) is 6.54 Å². The molecule has 0 aromatic heterocycles. The molecule has 0 amide bonds. The van der Waals surface area contributed by atoms with E-state index in [2.05, 4.69) is 207 Å². The van der Waals surface area contributed by atoms with Gasteiger partial charge in [-0.2, -0.15) is 0 Å². The Kier molecular flexibility index (Phi) is 17.4. The molecule has 0 N–H and O–H groups in total. The maximum absolute atomic E-state index is 6.04. The Morgan fingerprint density at radius 3 is 1.43 bits per heavy atom. The van der Waals surface area contributed by atoms with Crippen molar-refractivity contribution in [2.75, 3.05) is 33.4 Å². The van der Waals surface area contributed by atoms with Gasteiger partial charge in [-0.05, 0) is 116 Å². The Balaban J connectivity index is 0.00000600. The second-order valence-electron chi connectivity index (χ2n) is 14.5. The summed E-state index contributed by atoms with van der Waals surface area (Å²) < 4.78 is 6.04. The average molecular weight is 823 g/mol. The van der Waals surface area contributed by atoms with Gasteiger partial charge in [0.25, 0.3) is 0 Å². The Bertz CT molecular complexity index is 1930. The van der Waals surface area contributed by atoms with Crippen LogP contribution in [0.1, 0.15) is 61.6 Å². The number of allylic oxidation sites excluding steroid dienone is 3. The van der Waals surface area contributed by atoms with Crippen LogP contribution in [0.2, 0.25) is 0 Å². The molecule has 2 nitrogen and oxygen atoms in total. The second-order valence-corrected chi connectivity index (χ2v) is 18.2. The lowest BCUT2D eigenvalue weighted by Gasteiger charge is -2.27. The van der Waals surface area contributed by atoms with Crippen LogP contribution in [0.15, 0.2) is 188 Å². The zero-order valence-electron chi connectivity index (χ0n) is 33.1. The molecule has 0 aliphatic carbocycles. The van der Waals surface area contributed by atoms with Gasteiger partial charge in [0.1, 0.15) is 35.5 Å². The van der Waals surface area contributed by atoms with Crippen LogP contribution in [-0.2, 0) is 0 Å². The molecule has 288 valence electrons. The van der Waals surface area contributed by atoms with Crippen molar-refractivity contribution in [3.05, 3.63) is 205 Å². The fourth-order valence-electron chi connectivity index (χ4n) is 7.49. The first-order valence-corrected chi connectivity index (χ1v) is 22.1. The first-order chi connectivity index (χ1) is 27.1. The lowest BCUT2D eigenvalue weighted by Crippen LogP contribution is -3.00. The number of rotatable bonds is 20. The molecule has 6 aromatic carbocycles. The third-order valence-corrected chi connectivity index (χ3v) is 14.9. The minimum Gasteiger partial charge on any atom is -1.00 e. The van der Waals surface area contributed by atoms with Crippen molar-refractivity contribution < 1.29 is 21.7 Å². The minimum atomic E-state index is -1.74. The molecule has 6 aromatic rings. The monoisotopic (exact) mass is 821 g/mol. The van der Waals surface area contributed by atoms with Crippen LogP contribution in [0.5, 0.6) is 5.75 Å². The van der Waals surface area contributed by atoms with Gasteiger partial charge in [0.15, 0.2) is 0 Å². The molecule has 0 spiro atoms. The zero-order chi connectivity index (χ0) is 38.0. The van der Waals surface area contributed by atoms with Gasteiger partial charge in [0.05, 0.1) is 6.16 Å². The number of likely N-dealkylation sites (N-methyl/N-ethyl adjacent to an activating group) is 1. The lowest BCUT2D eigenvalue weighted by molar-refractivity contribution is -0.0000114. The van der Waals surface area contributed by atoms with E-state index in [1.54, 1.807) is 0 Å². The maximum atomic E-state index is 6.04. The second kappa shape index (κ2) is 22.9. The standard InChI is InChI=1S/C52H57NOP.BrH/c1-53(2)41-42-54-47-39-37-46(38-40-47)52(45-28-16-10-17-29-45)51(44-26-14-9-15-27-44)36-24-7-5-3-4-6-8-25-43-55(48-30-18-11-19-31-48,49-32-20-12-21-33-49)50-34-22-13-23-35-50;/h9-24,26-40H,3-8,25,41-43H2,1-2H3;1H/q+1;/p-1/b36-24+,52-51-;. The van der Waals surface area contributed by atoms with Crippen LogP contribution in [0, 0.1) is 0 Å². The van der Waals surface area contributed by atoms with E-state index in [1.165, 1.54) is 88.4 Å². The van der Waals surface area contributed by atoms with E-state index in [0.29, 0.717) is 6.61 Å². The highest BCUT2D eigenvalue weighted by Gasteiger charge is 2.44. The Morgan fingerprint density at radius 2 is 0.929 bits per heavy atom. The fraction of sp³-hybridized carbons (Fsp3) is 0.231. The van der Waals surface area contributed by atoms with E-state index >= 15 is 0 Å². The number of halogens is 1. The van der Waals surface area contributed by atoms with Crippen molar-refractivity contribution in [1.29, 1.82) is 0 Å². The maximum Gasteiger partial charge on any atom is 0.119 e. The molecule has 0 atom stereocenters. The van der Waals surface area contributed by atoms with Gasteiger partial charge in [-0.1, -0.05) is 159 Å². The van der Waals surface area contributed by atoms with Crippen LogP contribution in [0.4, 0.5) is 0 Å². The molecule has 0 fully saturated rings. The summed E-state index contributed by atoms with van der Waals surface area (Å²) in [6.07, 6.45) is 14.6. The van der Waals surface area contributed by atoms with E-state index in [1.807, 2.05) is 0 Å². The summed E-state index contributed by atoms with van der Waals surface area (Å²) in [6, 6.07) is 64.1. The van der Waals surface area contributed by atoms with Crippen molar-refractivity contribution in [2.45, 2.75) is 44.9 Å². The highest BCUT2D eigenvalue weighted by atomic mass is 79.9. The molecule has 0 radical (unpaired) electrons. The predicted molar refractivity (Wildman–Crippen MR) is 241 cm³/mol. The largest absolute Gasteiger partial charge is 1.00 e. The summed E-state index contributed by atoms with van der Waals surface area (Å²) in [6.45, 7) is 1.56. The molecular weight excluding hydrogens is 765 g/mol. The summed E-state index contributed by atoms with van der Waals surface area (Å²) in [5, 5.41) is 4.46. The Hall–Kier alpha value is -4.53. The molecule has 0 saturated carbocycles. The number of unbranched alkanes of at least 4 members (excludes halogenated alkanes) is 6. The molecular formula is C52H57BrNOP. The molecule has 6 rings (SSSR count). The first-order valence-electron chi connectivity index (χ1n) is 20.1. The Labute approximate surface area is 348 Å². The highest BCUT2D eigenvalue weighted by molar-refractivity contribution is 7.95. The molecule has 0 aliphatic heterocycles. The fourth-order valence-corrected chi connectivity index (χ4v) is 11.9. The van der Waals surface area contributed by atoms with Crippen molar-refractivity contribution in [1.82, 2.24) is 4.90 Å². The normalized spacial score (nSPS) is 12.0. The third-order valence-electron chi connectivity index (χ3n) is 10.4. The van der Waals surface area contributed by atoms with Crippen LogP contribution in [0.25, 0.3) is 11.1 Å². The number of nitrogens with zero attached hydrogens (tertiary/aromatic N) is 1. The number of benzene rings is 6. The van der Waals surface area contributed by atoms with Crippen molar-refractivity contribution in [3.63, 3.8) is 0 Å². The molecule has 0 unspecified atom stereocenters. The minimum absolute atomic E-state index is 0. The zero-order valence-corrected chi connectivity index (χ0v) is 35.6. The molecule has 0 bridgehead atoms. The van der Waals surface area contributed by atoms with Crippen molar-refractivity contribution in [2.24, 2.45) is 0 Å². The van der Waals surface area contributed by atoms with E-state index in [-0.39, 0.29) is 17.0 Å². The molecule has 56 heavy (non-hydrogen) atoms. The Morgan fingerprint density at radius 1 is 0.500 bits per heavy atom. The molecule has 0 saturated heterocycles. The molecule has 4 heteroatoms. The van der Waals surface area contributed by atoms with E-state index in [4.69, 9.17) is 4.74 Å². The first kappa shape index (κ1) is 42.6. The van der Waals surface area contributed by atoms with Gasteiger partial charge in [-0.3, -0.25) is 0 Å². The number of hydrogen-bond donors (Lipinski definition) is 0. The van der Waals surface area contributed by atoms with Gasteiger partial charge in [-0.25, -0.2) is 0 Å². The van der Waals surface area contributed by atoms with Gasteiger partial charge in [-0.15, -0.1) is 0 Å². The summed E-state index contributed by atoms with van der Waals surface area (Å²) in [5.41, 5.74) is 6.11. The van der Waals surface area contributed by atoms with E-state index in [0.717, 1.165) is 18.7 Å². The summed E-state index contributed by atoms with van der Waals surface area (Å²) in [7, 11) is 2.40. The smallest absolute Gasteiger partial charge is 0.119 e. The summed E-state index contributed by atoms with van der Waals surface area (Å²) in [4.78, 5) is 2.14. The number of hydrogen-bond acceptors (Lipinski definition) is 2.